The molecule has 10 nitrogen and oxygen atoms in total. The SMILES string of the molecule is C[C@H](NC(=O)c1cn(C)c2ccc(-c3ccn4nc(NC(=O)N5CCC(O)CC5)nc4c3)cc12)c1cccc(F)c1. The van der Waals surface area contributed by atoms with Gasteiger partial charge in [0.2, 0.25) is 0 Å². The van der Waals surface area contributed by atoms with Crippen molar-refractivity contribution in [1.29, 1.82) is 0 Å². The average molecular weight is 556 g/mol. The molecule has 4 heterocycles. The number of fused-ring (bicyclic) bond motifs is 2. The highest BCUT2D eigenvalue weighted by molar-refractivity contribution is 6.08. The van der Waals surface area contributed by atoms with Crippen molar-refractivity contribution >= 4 is 34.4 Å². The van der Waals surface area contributed by atoms with Gasteiger partial charge >= 0.3 is 6.03 Å². The second kappa shape index (κ2) is 10.7. The zero-order valence-corrected chi connectivity index (χ0v) is 22.7. The number of benzene rings is 2. The van der Waals surface area contributed by atoms with Gasteiger partial charge in [-0.1, -0.05) is 18.2 Å². The summed E-state index contributed by atoms with van der Waals surface area (Å²) in [6.45, 7) is 2.79. The number of aromatic nitrogens is 4. The molecule has 0 aliphatic carbocycles. The van der Waals surface area contributed by atoms with E-state index < -0.39 is 0 Å². The molecule has 3 N–H and O–H groups in total. The molecule has 2 aromatic carbocycles. The Morgan fingerprint density at radius 1 is 1.07 bits per heavy atom. The molecule has 0 saturated carbocycles. The van der Waals surface area contributed by atoms with E-state index in [0.717, 1.165) is 22.0 Å². The van der Waals surface area contributed by atoms with Crippen LogP contribution < -0.4 is 10.6 Å². The molecule has 210 valence electrons. The van der Waals surface area contributed by atoms with Crippen molar-refractivity contribution in [3.63, 3.8) is 0 Å². The van der Waals surface area contributed by atoms with E-state index in [1.54, 1.807) is 33.9 Å². The number of pyridine rings is 1. The van der Waals surface area contributed by atoms with Crippen LogP contribution in [0.2, 0.25) is 0 Å². The number of likely N-dealkylation sites (tertiary alicyclic amines) is 1. The largest absolute Gasteiger partial charge is 0.393 e. The van der Waals surface area contributed by atoms with Gasteiger partial charge in [-0.25, -0.2) is 13.7 Å². The number of aliphatic hydroxyl groups is 1. The quantitative estimate of drug-likeness (QED) is 0.295. The Balaban J connectivity index is 1.24. The van der Waals surface area contributed by atoms with Crippen LogP contribution in [0.3, 0.4) is 0 Å². The fourth-order valence-electron chi connectivity index (χ4n) is 5.24. The molecule has 5 aromatic rings. The summed E-state index contributed by atoms with van der Waals surface area (Å²) in [5.41, 5.74) is 4.42. The van der Waals surface area contributed by atoms with Crippen LogP contribution in [0.4, 0.5) is 15.1 Å². The number of urea groups is 1. The van der Waals surface area contributed by atoms with Crippen LogP contribution in [0.15, 0.2) is 67.0 Å². The lowest BCUT2D eigenvalue weighted by molar-refractivity contribution is 0.0939. The lowest BCUT2D eigenvalue weighted by Crippen LogP contribution is -2.42. The van der Waals surface area contributed by atoms with E-state index in [-0.39, 0.29) is 35.8 Å². The van der Waals surface area contributed by atoms with E-state index >= 15 is 0 Å². The molecule has 1 atom stereocenters. The molecule has 1 aliphatic rings. The maximum atomic E-state index is 13.7. The summed E-state index contributed by atoms with van der Waals surface area (Å²) >= 11 is 0. The van der Waals surface area contributed by atoms with Crippen molar-refractivity contribution < 1.29 is 19.1 Å². The number of anilines is 1. The molecule has 0 unspecified atom stereocenters. The van der Waals surface area contributed by atoms with Gasteiger partial charge < -0.3 is 19.9 Å². The van der Waals surface area contributed by atoms with Gasteiger partial charge in [-0.2, -0.15) is 4.98 Å². The standard InChI is InChI=1S/C30H30FN7O3/c1-18(19-4-3-5-22(31)14-19)32-28(40)25-17-36(2)26-7-6-20(15-24(25)26)21-8-13-38-27(16-21)33-29(35-38)34-30(41)37-11-9-23(39)10-12-37/h3-8,13-18,23,39H,9-12H2,1-2H3,(H,32,40)(H,34,35,41)/t18-/m0/s1. The van der Waals surface area contributed by atoms with Gasteiger partial charge in [-0.05, 0) is 72.9 Å². The Morgan fingerprint density at radius 2 is 1.85 bits per heavy atom. The highest BCUT2D eigenvalue weighted by atomic mass is 19.1. The summed E-state index contributed by atoms with van der Waals surface area (Å²) in [6, 6.07) is 15.2. The molecule has 6 rings (SSSR count). The monoisotopic (exact) mass is 555 g/mol. The van der Waals surface area contributed by atoms with E-state index in [1.165, 1.54) is 12.1 Å². The number of hydrogen-bond donors (Lipinski definition) is 3. The molecule has 41 heavy (non-hydrogen) atoms. The Morgan fingerprint density at radius 3 is 2.63 bits per heavy atom. The summed E-state index contributed by atoms with van der Waals surface area (Å²) in [5, 5.41) is 20.6. The Labute approximate surface area is 235 Å². The number of aryl methyl sites for hydroxylation is 1. The zero-order chi connectivity index (χ0) is 28.7. The van der Waals surface area contributed by atoms with E-state index in [0.29, 0.717) is 42.7 Å². The first-order valence-corrected chi connectivity index (χ1v) is 13.5. The van der Waals surface area contributed by atoms with Crippen molar-refractivity contribution in [3.05, 3.63) is 83.9 Å². The number of rotatable bonds is 5. The molecule has 3 aromatic heterocycles. The molecule has 0 spiro atoms. The average Bonchev–Trinajstić information content (AvgIpc) is 3.52. The van der Waals surface area contributed by atoms with Crippen molar-refractivity contribution in [3.8, 4) is 11.1 Å². The number of carbonyl (C=O) groups is 2. The highest BCUT2D eigenvalue weighted by Crippen LogP contribution is 2.29. The second-order valence-corrected chi connectivity index (χ2v) is 10.4. The van der Waals surface area contributed by atoms with Crippen LogP contribution in [0, 0.1) is 5.82 Å². The fraction of sp³-hybridized carbons (Fsp3) is 0.267. The predicted octanol–water partition coefficient (Wildman–Crippen LogP) is 4.51. The maximum Gasteiger partial charge on any atom is 0.324 e. The Hall–Kier alpha value is -4.77. The second-order valence-electron chi connectivity index (χ2n) is 10.4. The minimum atomic E-state index is -0.372. The number of aliphatic hydroxyl groups excluding tert-OH is 1. The van der Waals surface area contributed by atoms with Gasteiger partial charge in [0.1, 0.15) is 5.82 Å². The van der Waals surface area contributed by atoms with Crippen LogP contribution in [0.5, 0.6) is 0 Å². The van der Waals surface area contributed by atoms with E-state index in [9.17, 15) is 19.1 Å². The van der Waals surface area contributed by atoms with Crippen molar-refractivity contribution in [1.82, 2.24) is 29.4 Å². The zero-order valence-electron chi connectivity index (χ0n) is 22.7. The molecule has 3 amide bonds. The van der Waals surface area contributed by atoms with E-state index in [4.69, 9.17) is 0 Å². The minimum Gasteiger partial charge on any atom is -0.393 e. The number of nitrogens with zero attached hydrogens (tertiary/aromatic N) is 5. The fourth-order valence-corrected chi connectivity index (χ4v) is 5.24. The van der Waals surface area contributed by atoms with Gasteiger partial charge in [0.05, 0.1) is 17.7 Å². The lowest BCUT2D eigenvalue weighted by atomic mass is 10.0. The molecule has 11 heteroatoms. The van der Waals surface area contributed by atoms with Crippen molar-refractivity contribution in [2.24, 2.45) is 7.05 Å². The smallest absolute Gasteiger partial charge is 0.324 e. The number of amides is 3. The van der Waals surface area contributed by atoms with Crippen LogP contribution in [-0.4, -0.2) is 60.3 Å². The van der Waals surface area contributed by atoms with Crippen molar-refractivity contribution in [2.45, 2.75) is 31.9 Å². The van der Waals surface area contributed by atoms with Gasteiger partial charge in [-0.15, -0.1) is 5.10 Å². The third-order valence-corrected chi connectivity index (χ3v) is 7.57. The first-order chi connectivity index (χ1) is 19.7. The van der Waals surface area contributed by atoms with Crippen LogP contribution in [0.1, 0.15) is 41.7 Å². The molecule has 1 fully saturated rings. The Kier molecular flexibility index (Phi) is 6.88. The Bertz CT molecular complexity index is 1770. The summed E-state index contributed by atoms with van der Waals surface area (Å²) in [4.78, 5) is 32.0. The first kappa shape index (κ1) is 26.5. The molecule has 0 radical (unpaired) electrons. The molecule has 0 bridgehead atoms. The van der Waals surface area contributed by atoms with E-state index in [2.05, 4.69) is 20.7 Å². The van der Waals surface area contributed by atoms with E-state index in [1.807, 2.05) is 48.9 Å². The lowest BCUT2D eigenvalue weighted by Gasteiger charge is -2.29. The van der Waals surface area contributed by atoms with Crippen LogP contribution in [-0.2, 0) is 7.05 Å². The number of nitrogens with one attached hydrogen (secondary N) is 2. The number of hydrogen-bond acceptors (Lipinski definition) is 5. The van der Waals surface area contributed by atoms with Crippen molar-refractivity contribution in [2.75, 3.05) is 18.4 Å². The maximum absolute atomic E-state index is 13.7. The van der Waals surface area contributed by atoms with Gasteiger partial charge in [0.15, 0.2) is 5.65 Å². The van der Waals surface area contributed by atoms with Crippen LogP contribution in [0.25, 0.3) is 27.7 Å². The van der Waals surface area contributed by atoms with Gasteiger partial charge in [0, 0.05) is 43.4 Å². The topological polar surface area (TPSA) is 117 Å². The third kappa shape index (κ3) is 5.36. The normalized spacial score (nSPS) is 14.9. The van der Waals surface area contributed by atoms with Crippen LogP contribution >= 0.6 is 0 Å². The molecular weight excluding hydrogens is 525 g/mol. The minimum absolute atomic E-state index is 0.197. The molecule has 1 aliphatic heterocycles. The highest BCUT2D eigenvalue weighted by Gasteiger charge is 2.22. The summed E-state index contributed by atoms with van der Waals surface area (Å²) in [7, 11) is 1.89. The van der Waals surface area contributed by atoms with Gasteiger partial charge in [-0.3, -0.25) is 10.1 Å². The number of piperidine rings is 1. The molecular formula is C30H30FN7O3. The summed E-state index contributed by atoms with van der Waals surface area (Å²) in [5.74, 6) is -0.399. The first-order valence-electron chi connectivity index (χ1n) is 13.5. The molecule has 1 saturated heterocycles. The summed E-state index contributed by atoms with van der Waals surface area (Å²) < 4.78 is 17.2. The predicted molar refractivity (Wildman–Crippen MR) is 153 cm³/mol. The summed E-state index contributed by atoms with van der Waals surface area (Å²) in [6.07, 6.45) is 4.30. The third-order valence-electron chi connectivity index (χ3n) is 7.57. The van der Waals surface area contributed by atoms with Gasteiger partial charge in [0.25, 0.3) is 11.9 Å². The number of halogens is 1. The number of carbonyl (C=O) groups excluding carboxylic acids is 2.